The summed E-state index contributed by atoms with van der Waals surface area (Å²) < 4.78 is 5.48. The Hall–Kier alpha value is -2.58. The zero-order valence-electron chi connectivity index (χ0n) is 16.2. The number of fused-ring (bicyclic) bond motifs is 1. The maximum absolute atomic E-state index is 12.8. The van der Waals surface area contributed by atoms with E-state index in [0.29, 0.717) is 32.8 Å². The van der Waals surface area contributed by atoms with Crippen LogP contribution < -0.4 is 5.32 Å². The van der Waals surface area contributed by atoms with Crippen molar-refractivity contribution in [3.63, 3.8) is 0 Å². The number of nitrogens with zero attached hydrogens (tertiary/aromatic N) is 5. The molecule has 1 N–H and O–H groups in total. The monoisotopic (exact) mass is 382 g/mol. The predicted octanol–water partition coefficient (Wildman–Crippen LogP) is 1.53. The summed E-state index contributed by atoms with van der Waals surface area (Å²) in [7, 11) is 0. The van der Waals surface area contributed by atoms with Crippen molar-refractivity contribution in [2.75, 3.05) is 32.8 Å². The molecule has 148 valence electrons. The number of amides is 2. The second kappa shape index (κ2) is 8.62. The van der Waals surface area contributed by atoms with Crippen LogP contribution in [0.1, 0.15) is 35.7 Å². The largest absolute Gasteiger partial charge is 0.379 e. The molecule has 8 heteroatoms. The van der Waals surface area contributed by atoms with Crippen LogP contribution >= 0.6 is 0 Å². The van der Waals surface area contributed by atoms with Crippen LogP contribution in [0, 0.1) is 0 Å². The molecule has 8 nitrogen and oxygen atoms in total. The molecule has 2 aliphatic heterocycles. The Balaban J connectivity index is 1.40. The van der Waals surface area contributed by atoms with Gasteiger partial charge in [0.2, 0.25) is 0 Å². The second-order valence-electron chi connectivity index (χ2n) is 7.07. The third kappa shape index (κ3) is 4.13. The van der Waals surface area contributed by atoms with Gasteiger partial charge in [0, 0.05) is 44.0 Å². The molecule has 0 radical (unpaired) electrons. The first kappa shape index (κ1) is 18.8. The van der Waals surface area contributed by atoms with Gasteiger partial charge in [-0.3, -0.25) is 9.88 Å². The Morgan fingerprint density at radius 2 is 2.11 bits per heavy atom. The van der Waals surface area contributed by atoms with Gasteiger partial charge in [-0.05, 0) is 12.1 Å². The van der Waals surface area contributed by atoms with Crippen LogP contribution in [0.3, 0.4) is 0 Å². The van der Waals surface area contributed by atoms with Crippen molar-refractivity contribution in [2.24, 2.45) is 0 Å². The van der Waals surface area contributed by atoms with E-state index >= 15 is 0 Å². The molecule has 0 saturated carbocycles. The minimum absolute atomic E-state index is 0.0329. The quantitative estimate of drug-likeness (QED) is 0.844. The number of nitrogens with one attached hydrogen (secondary N) is 1. The Labute approximate surface area is 164 Å². The highest BCUT2D eigenvalue weighted by atomic mass is 16.5. The Morgan fingerprint density at radius 3 is 2.86 bits per heavy atom. The van der Waals surface area contributed by atoms with Crippen molar-refractivity contribution < 1.29 is 9.53 Å². The van der Waals surface area contributed by atoms with E-state index < -0.39 is 0 Å². The molecule has 0 spiro atoms. The van der Waals surface area contributed by atoms with Crippen molar-refractivity contribution in [2.45, 2.75) is 32.5 Å². The van der Waals surface area contributed by atoms with Crippen LogP contribution in [0.25, 0.3) is 0 Å². The lowest BCUT2D eigenvalue weighted by molar-refractivity contribution is 0.0156. The van der Waals surface area contributed by atoms with E-state index in [-0.39, 0.29) is 12.1 Å². The van der Waals surface area contributed by atoms with Gasteiger partial charge in [-0.2, -0.15) is 0 Å². The number of morpholine rings is 1. The van der Waals surface area contributed by atoms with Crippen molar-refractivity contribution in [3.05, 3.63) is 53.4 Å². The third-order valence-electron chi connectivity index (χ3n) is 5.27. The molecule has 2 amide bonds. The topological polar surface area (TPSA) is 83.5 Å². The van der Waals surface area contributed by atoms with Gasteiger partial charge in [-0.15, -0.1) is 0 Å². The summed E-state index contributed by atoms with van der Waals surface area (Å²) in [5.74, 6) is 0.823. The highest BCUT2D eigenvalue weighted by Gasteiger charge is 2.28. The average Bonchev–Trinajstić information content (AvgIpc) is 3.18. The second-order valence-corrected chi connectivity index (χ2v) is 7.07. The van der Waals surface area contributed by atoms with Gasteiger partial charge >= 0.3 is 6.03 Å². The highest BCUT2D eigenvalue weighted by Crippen LogP contribution is 2.22. The van der Waals surface area contributed by atoms with Crippen LogP contribution in [-0.2, 0) is 24.2 Å². The van der Waals surface area contributed by atoms with E-state index in [1.807, 2.05) is 31.3 Å². The van der Waals surface area contributed by atoms with Crippen molar-refractivity contribution in [3.8, 4) is 0 Å². The molecule has 1 unspecified atom stereocenters. The normalized spacial score (nSPS) is 18.0. The zero-order chi connectivity index (χ0) is 19.3. The number of urea groups is 1. The molecular formula is C20H26N6O2. The lowest BCUT2D eigenvalue weighted by Gasteiger charge is -2.34. The molecule has 2 aromatic rings. The van der Waals surface area contributed by atoms with Crippen molar-refractivity contribution in [1.82, 2.24) is 30.1 Å². The van der Waals surface area contributed by atoms with E-state index in [4.69, 9.17) is 4.74 Å². The summed E-state index contributed by atoms with van der Waals surface area (Å²) in [5.41, 5.74) is 2.95. The number of carbonyl (C=O) groups excluding carboxylic acids is 1. The summed E-state index contributed by atoms with van der Waals surface area (Å²) >= 11 is 0. The van der Waals surface area contributed by atoms with Gasteiger partial charge in [0.15, 0.2) is 0 Å². The smallest absolute Gasteiger partial charge is 0.318 e. The van der Waals surface area contributed by atoms with Gasteiger partial charge < -0.3 is 15.0 Å². The molecule has 1 atom stereocenters. The van der Waals surface area contributed by atoms with Gasteiger partial charge in [0.1, 0.15) is 5.82 Å². The standard InChI is InChI=1S/C20H26N6O2/c1-2-19-22-11-15-13-26(14-17(15)24-19)20(27)23-12-18(16-5-3-4-6-21-16)25-7-9-28-10-8-25/h3-6,11,18H,2,7-10,12-14H2,1H3,(H,23,27). The van der Waals surface area contributed by atoms with Crippen LogP contribution in [0.5, 0.6) is 0 Å². The van der Waals surface area contributed by atoms with E-state index in [0.717, 1.165) is 42.3 Å². The third-order valence-corrected chi connectivity index (χ3v) is 5.27. The molecule has 2 aliphatic rings. The molecule has 4 heterocycles. The summed E-state index contributed by atoms with van der Waals surface area (Å²) in [4.78, 5) is 30.3. The van der Waals surface area contributed by atoms with Crippen molar-refractivity contribution >= 4 is 6.03 Å². The summed E-state index contributed by atoms with van der Waals surface area (Å²) in [6.07, 6.45) is 4.44. The molecule has 28 heavy (non-hydrogen) atoms. The minimum atomic E-state index is -0.0785. The first-order chi connectivity index (χ1) is 13.7. The fourth-order valence-corrected chi connectivity index (χ4v) is 3.69. The summed E-state index contributed by atoms with van der Waals surface area (Å²) in [6, 6.07) is 5.86. The average molecular weight is 382 g/mol. The number of ether oxygens (including phenoxy) is 1. The highest BCUT2D eigenvalue weighted by molar-refractivity contribution is 5.74. The minimum Gasteiger partial charge on any atom is -0.379 e. The lowest BCUT2D eigenvalue weighted by Crippen LogP contribution is -2.46. The number of hydrogen-bond acceptors (Lipinski definition) is 6. The van der Waals surface area contributed by atoms with Crippen LogP contribution in [0.4, 0.5) is 4.79 Å². The first-order valence-corrected chi connectivity index (χ1v) is 9.83. The molecule has 0 aromatic carbocycles. The van der Waals surface area contributed by atoms with Gasteiger partial charge in [0.25, 0.3) is 0 Å². The molecule has 0 bridgehead atoms. The number of carbonyl (C=O) groups is 1. The maximum Gasteiger partial charge on any atom is 0.318 e. The number of aryl methyl sites for hydroxylation is 1. The zero-order valence-corrected chi connectivity index (χ0v) is 16.2. The van der Waals surface area contributed by atoms with E-state index in [9.17, 15) is 4.79 Å². The van der Waals surface area contributed by atoms with E-state index in [1.165, 1.54) is 0 Å². The fraction of sp³-hybridized carbons (Fsp3) is 0.500. The number of pyridine rings is 1. The molecule has 0 aliphatic carbocycles. The Morgan fingerprint density at radius 1 is 1.25 bits per heavy atom. The fourth-order valence-electron chi connectivity index (χ4n) is 3.69. The number of rotatable bonds is 5. The Kier molecular flexibility index (Phi) is 5.78. The van der Waals surface area contributed by atoms with E-state index in [1.54, 1.807) is 11.1 Å². The lowest BCUT2D eigenvalue weighted by atomic mass is 10.1. The molecule has 1 saturated heterocycles. The SMILES string of the molecule is CCc1ncc2c(n1)CN(C(=O)NCC(c1ccccn1)N1CCOCC1)C2. The molecule has 2 aromatic heterocycles. The van der Waals surface area contributed by atoms with Crippen molar-refractivity contribution in [1.29, 1.82) is 0 Å². The van der Waals surface area contributed by atoms with Gasteiger partial charge in [0.05, 0.1) is 43.7 Å². The first-order valence-electron chi connectivity index (χ1n) is 9.83. The van der Waals surface area contributed by atoms with Crippen LogP contribution in [-0.4, -0.2) is 63.6 Å². The molecular weight excluding hydrogens is 356 g/mol. The molecule has 1 fully saturated rings. The number of hydrogen-bond donors (Lipinski definition) is 1. The predicted molar refractivity (Wildman–Crippen MR) is 103 cm³/mol. The van der Waals surface area contributed by atoms with Gasteiger partial charge in [-0.25, -0.2) is 14.8 Å². The summed E-state index contributed by atoms with van der Waals surface area (Å²) in [5, 5.41) is 3.10. The number of aromatic nitrogens is 3. The maximum atomic E-state index is 12.8. The molecule has 4 rings (SSSR count). The van der Waals surface area contributed by atoms with Crippen LogP contribution in [0.2, 0.25) is 0 Å². The Bertz CT molecular complexity index is 810. The van der Waals surface area contributed by atoms with Crippen LogP contribution in [0.15, 0.2) is 30.6 Å². The van der Waals surface area contributed by atoms with Gasteiger partial charge in [-0.1, -0.05) is 13.0 Å². The van der Waals surface area contributed by atoms with E-state index in [2.05, 4.69) is 25.2 Å². The summed E-state index contributed by atoms with van der Waals surface area (Å²) in [6.45, 7) is 6.70.